The Labute approximate surface area is 85.7 Å². The molecule has 1 amide bonds. The number of hydrogen-bond donors (Lipinski definition) is 1. The zero-order valence-electron chi connectivity index (χ0n) is 9.61. The van der Waals surface area contributed by atoms with Crippen LogP contribution < -0.4 is 0 Å². The van der Waals surface area contributed by atoms with Crippen molar-refractivity contribution in [3.63, 3.8) is 0 Å². The molecule has 0 aromatic carbocycles. The smallest absolute Gasteiger partial charge is 0.209 e. The molecule has 3 N–H and O–H groups in total. The molecule has 90 valence electrons. The number of hydrogen-bond acceptors (Lipinski definition) is 4. The summed E-state index contributed by atoms with van der Waals surface area (Å²) in [5, 5.41) is 7.00. The lowest BCUT2D eigenvalue weighted by Gasteiger charge is -1.93. The molecule has 0 aliphatic rings. The average Bonchev–Trinajstić information content (AvgIpc) is 2.18. The Morgan fingerprint density at radius 1 is 1.14 bits per heavy atom. The third-order valence-electron chi connectivity index (χ3n) is 0.702. The van der Waals surface area contributed by atoms with Crippen LogP contribution >= 0.6 is 0 Å². The largest absolute Gasteiger partial charge is 0.412 e. The number of carbonyl (C=O) groups is 1. The topological polar surface area (TPSA) is 90.5 Å². The van der Waals surface area contributed by atoms with E-state index in [4.69, 9.17) is 5.11 Å². The number of methoxy groups -OCH3 is 2. The van der Waals surface area contributed by atoms with E-state index in [0.717, 1.165) is 13.5 Å². The van der Waals surface area contributed by atoms with Crippen molar-refractivity contribution in [3.8, 4) is 0 Å². The molecular formula is C8H23NO5. The molecule has 0 atom stereocenters. The van der Waals surface area contributed by atoms with Crippen molar-refractivity contribution in [2.24, 2.45) is 0 Å². The maximum atomic E-state index is 9.43. The second-order valence-electron chi connectivity index (χ2n) is 2.05. The van der Waals surface area contributed by atoms with E-state index in [1.165, 1.54) is 4.90 Å². The Kier molecular flexibility index (Phi) is 49.0. The summed E-state index contributed by atoms with van der Waals surface area (Å²) in [5.41, 5.74) is 0. The van der Waals surface area contributed by atoms with Gasteiger partial charge in [0.15, 0.2) is 0 Å². The number of amides is 1. The van der Waals surface area contributed by atoms with Gasteiger partial charge >= 0.3 is 0 Å². The van der Waals surface area contributed by atoms with Crippen molar-refractivity contribution in [2.45, 2.75) is 0 Å². The number of ether oxygens (including phenoxy) is 2. The highest BCUT2D eigenvalue weighted by molar-refractivity contribution is 5.45. The first-order valence-corrected chi connectivity index (χ1v) is 3.73. The number of aliphatic hydroxyl groups is 1. The Bertz CT molecular complexity index is 76.1. The van der Waals surface area contributed by atoms with Crippen LogP contribution in [0.15, 0.2) is 0 Å². The first-order valence-electron chi connectivity index (χ1n) is 3.73. The van der Waals surface area contributed by atoms with E-state index in [0.29, 0.717) is 13.2 Å². The fourth-order valence-corrected chi connectivity index (χ4v) is 0.167. The average molecular weight is 213 g/mol. The minimum Gasteiger partial charge on any atom is -0.412 e. The fraction of sp³-hybridized carbons (Fsp3) is 0.875. The summed E-state index contributed by atoms with van der Waals surface area (Å²) in [6.07, 6.45) is 0.750. The summed E-state index contributed by atoms with van der Waals surface area (Å²) in [4.78, 5) is 10.9. The van der Waals surface area contributed by atoms with E-state index in [9.17, 15) is 4.79 Å². The van der Waals surface area contributed by atoms with Crippen LogP contribution in [0.5, 0.6) is 0 Å². The van der Waals surface area contributed by atoms with Crippen LogP contribution in [0.1, 0.15) is 0 Å². The number of aliphatic hydroxyl groups excluding tert-OH is 1. The van der Waals surface area contributed by atoms with Crippen molar-refractivity contribution in [2.75, 3.05) is 48.6 Å². The van der Waals surface area contributed by atoms with Crippen molar-refractivity contribution < 1.29 is 24.9 Å². The first-order chi connectivity index (χ1) is 6.18. The molecule has 0 aliphatic carbocycles. The van der Waals surface area contributed by atoms with E-state index in [-0.39, 0.29) is 5.48 Å². The molecule has 6 nitrogen and oxygen atoms in total. The summed E-state index contributed by atoms with van der Waals surface area (Å²) in [6, 6.07) is 0. The highest BCUT2D eigenvalue weighted by Gasteiger charge is 1.73. The quantitative estimate of drug-likeness (QED) is 0.467. The molecule has 0 aromatic heterocycles. The fourth-order valence-electron chi connectivity index (χ4n) is 0.167. The lowest BCUT2D eigenvalue weighted by molar-refractivity contribution is -0.115. The minimum atomic E-state index is 0. The van der Waals surface area contributed by atoms with Crippen LogP contribution in [0, 0.1) is 0 Å². The highest BCUT2D eigenvalue weighted by Crippen LogP contribution is 1.65. The summed E-state index contributed by atoms with van der Waals surface area (Å²) < 4.78 is 9.31. The van der Waals surface area contributed by atoms with Crippen molar-refractivity contribution >= 4 is 6.41 Å². The lowest BCUT2D eigenvalue weighted by Crippen LogP contribution is -2.06. The first kappa shape index (κ1) is 23.3. The van der Waals surface area contributed by atoms with Gasteiger partial charge in [0.25, 0.3) is 0 Å². The van der Waals surface area contributed by atoms with Crippen molar-refractivity contribution in [1.82, 2.24) is 4.90 Å². The summed E-state index contributed by atoms with van der Waals surface area (Å²) in [5.74, 6) is 0. The summed E-state index contributed by atoms with van der Waals surface area (Å²) in [6.45, 7) is 1.38. The third-order valence-corrected chi connectivity index (χ3v) is 0.702. The molecular weight excluding hydrogens is 190 g/mol. The standard InChI is InChI=1S/C4H10O2.C3H7NO.CH4O.H2O/c1-5-3-4-6-2;1-4(2)3-5;1-2;/h3-4H2,1-2H3;3H,1-2H3;2H,1H3;1H2. The van der Waals surface area contributed by atoms with Gasteiger partial charge in [-0.05, 0) is 0 Å². The molecule has 0 saturated heterocycles. The number of rotatable bonds is 4. The maximum Gasteiger partial charge on any atom is 0.209 e. The van der Waals surface area contributed by atoms with E-state index in [1.807, 2.05) is 0 Å². The highest BCUT2D eigenvalue weighted by atomic mass is 16.5. The van der Waals surface area contributed by atoms with Gasteiger partial charge in [-0.3, -0.25) is 4.79 Å². The molecule has 0 saturated carbocycles. The van der Waals surface area contributed by atoms with Crippen LogP contribution in [0.4, 0.5) is 0 Å². The molecule has 0 bridgehead atoms. The zero-order chi connectivity index (χ0) is 11.1. The normalized spacial score (nSPS) is 6.71. The third kappa shape index (κ3) is 64.7. The second kappa shape index (κ2) is 29.5. The lowest BCUT2D eigenvalue weighted by atomic mass is 10.8. The van der Waals surface area contributed by atoms with Gasteiger partial charge in [-0.25, -0.2) is 0 Å². The Morgan fingerprint density at radius 2 is 1.36 bits per heavy atom. The van der Waals surface area contributed by atoms with Gasteiger partial charge in [-0.1, -0.05) is 0 Å². The van der Waals surface area contributed by atoms with Gasteiger partial charge in [-0.15, -0.1) is 0 Å². The van der Waals surface area contributed by atoms with Crippen LogP contribution in [0.25, 0.3) is 0 Å². The molecule has 14 heavy (non-hydrogen) atoms. The van der Waals surface area contributed by atoms with E-state index >= 15 is 0 Å². The van der Waals surface area contributed by atoms with Gasteiger partial charge in [0.2, 0.25) is 6.41 Å². The van der Waals surface area contributed by atoms with Crippen LogP contribution in [-0.2, 0) is 14.3 Å². The molecule has 0 spiro atoms. The summed E-state index contributed by atoms with van der Waals surface area (Å²) >= 11 is 0. The van der Waals surface area contributed by atoms with Crippen LogP contribution in [0.3, 0.4) is 0 Å². The molecule has 6 heteroatoms. The monoisotopic (exact) mass is 213 g/mol. The van der Waals surface area contributed by atoms with E-state index in [1.54, 1.807) is 28.3 Å². The van der Waals surface area contributed by atoms with Crippen molar-refractivity contribution in [3.05, 3.63) is 0 Å². The maximum absolute atomic E-state index is 9.43. The van der Waals surface area contributed by atoms with Crippen LogP contribution in [0.2, 0.25) is 0 Å². The van der Waals surface area contributed by atoms with E-state index in [2.05, 4.69) is 9.47 Å². The Hall–Kier alpha value is -0.690. The second-order valence-corrected chi connectivity index (χ2v) is 2.05. The molecule has 0 radical (unpaired) electrons. The molecule has 0 unspecified atom stereocenters. The Balaban J connectivity index is -0.0000000576. The minimum absolute atomic E-state index is 0. The van der Waals surface area contributed by atoms with Gasteiger partial charge in [0, 0.05) is 35.4 Å². The van der Waals surface area contributed by atoms with Gasteiger partial charge in [0.1, 0.15) is 0 Å². The molecule has 0 aliphatic heterocycles. The zero-order valence-corrected chi connectivity index (χ0v) is 9.61. The predicted octanol–water partition coefficient (Wildman–Crippen LogP) is -1.23. The van der Waals surface area contributed by atoms with Crippen LogP contribution in [-0.4, -0.2) is 70.5 Å². The SMILES string of the molecule is CN(C)C=O.CO.COCCOC.O. The Morgan fingerprint density at radius 3 is 1.43 bits per heavy atom. The molecule has 0 heterocycles. The van der Waals surface area contributed by atoms with Gasteiger partial charge < -0.3 is 25.0 Å². The van der Waals surface area contributed by atoms with Crippen molar-refractivity contribution in [1.29, 1.82) is 0 Å². The van der Waals surface area contributed by atoms with Gasteiger partial charge in [-0.2, -0.15) is 0 Å². The van der Waals surface area contributed by atoms with E-state index < -0.39 is 0 Å². The molecule has 0 fully saturated rings. The van der Waals surface area contributed by atoms with Gasteiger partial charge in [0.05, 0.1) is 13.2 Å². The predicted molar refractivity (Wildman–Crippen MR) is 55.3 cm³/mol. The number of carbonyl (C=O) groups excluding carboxylic acids is 1. The molecule has 0 rings (SSSR count). The number of nitrogens with zero attached hydrogens (tertiary/aromatic N) is 1. The molecule has 0 aromatic rings. The summed E-state index contributed by atoms with van der Waals surface area (Å²) in [7, 11) is 7.68.